The van der Waals surface area contributed by atoms with Crippen LogP contribution in [0.15, 0.2) is 48.5 Å². The lowest BCUT2D eigenvalue weighted by Gasteiger charge is -2.06. The van der Waals surface area contributed by atoms with Gasteiger partial charge in [0.15, 0.2) is 0 Å². The molecule has 1 amide bonds. The topological polar surface area (TPSA) is 29.1 Å². The molecular formula is C20H25NOS. The molecule has 122 valence electrons. The molecule has 2 aromatic rings. The monoisotopic (exact) mass is 327 g/mol. The highest BCUT2D eigenvalue weighted by molar-refractivity contribution is 7.98. The first-order valence-corrected chi connectivity index (χ1v) is 9.30. The molecule has 2 aromatic carbocycles. The van der Waals surface area contributed by atoms with Crippen molar-refractivity contribution in [2.45, 2.75) is 32.4 Å². The predicted octanol–water partition coefficient (Wildman–Crippen LogP) is 4.15. The van der Waals surface area contributed by atoms with Crippen molar-refractivity contribution in [3.63, 3.8) is 0 Å². The van der Waals surface area contributed by atoms with Crippen LogP contribution in [0.25, 0.3) is 0 Å². The van der Waals surface area contributed by atoms with E-state index in [1.54, 1.807) is 0 Å². The summed E-state index contributed by atoms with van der Waals surface area (Å²) < 4.78 is 0. The van der Waals surface area contributed by atoms with E-state index in [-0.39, 0.29) is 5.91 Å². The minimum Gasteiger partial charge on any atom is -0.355 e. The van der Waals surface area contributed by atoms with Gasteiger partial charge < -0.3 is 5.32 Å². The van der Waals surface area contributed by atoms with Crippen molar-refractivity contribution in [3.05, 3.63) is 70.8 Å². The van der Waals surface area contributed by atoms with E-state index < -0.39 is 0 Å². The lowest BCUT2D eigenvalue weighted by atomic mass is 10.1. The third-order valence-corrected chi connectivity index (χ3v) is 4.75. The molecule has 0 unspecified atom stereocenters. The smallest absolute Gasteiger partial charge is 0.224 e. The van der Waals surface area contributed by atoms with Gasteiger partial charge in [0.05, 0.1) is 6.42 Å². The molecule has 0 heterocycles. The quantitative estimate of drug-likeness (QED) is 0.738. The molecular weight excluding hydrogens is 302 g/mol. The highest BCUT2D eigenvalue weighted by Gasteiger charge is 2.03. The second-order valence-electron chi connectivity index (χ2n) is 5.74. The first-order valence-electron chi connectivity index (χ1n) is 8.15. The van der Waals surface area contributed by atoms with Crippen LogP contribution in [-0.4, -0.2) is 18.2 Å². The van der Waals surface area contributed by atoms with Crippen molar-refractivity contribution in [3.8, 4) is 0 Å². The molecule has 0 spiro atoms. The Labute approximate surface area is 143 Å². The molecule has 3 heteroatoms. The van der Waals surface area contributed by atoms with Gasteiger partial charge in [-0.15, -0.1) is 0 Å². The summed E-state index contributed by atoms with van der Waals surface area (Å²) in [5.41, 5.74) is 5.02. The van der Waals surface area contributed by atoms with Gasteiger partial charge in [-0.2, -0.15) is 11.8 Å². The number of nitrogens with one attached hydrogen (secondary N) is 1. The second-order valence-corrected chi connectivity index (χ2v) is 6.84. The molecule has 0 aromatic heterocycles. The van der Waals surface area contributed by atoms with Gasteiger partial charge >= 0.3 is 0 Å². The maximum atomic E-state index is 11.9. The Morgan fingerprint density at radius 1 is 1.04 bits per heavy atom. The first kappa shape index (κ1) is 17.6. The number of hydrogen-bond donors (Lipinski definition) is 1. The van der Waals surface area contributed by atoms with Gasteiger partial charge in [-0.3, -0.25) is 4.79 Å². The van der Waals surface area contributed by atoms with E-state index in [1.807, 2.05) is 23.9 Å². The summed E-state index contributed by atoms with van der Waals surface area (Å²) in [6.07, 6.45) is 1.50. The van der Waals surface area contributed by atoms with Crippen molar-refractivity contribution >= 4 is 17.7 Å². The normalized spacial score (nSPS) is 10.5. The summed E-state index contributed by atoms with van der Waals surface area (Å²) in [5, 5.41) is 3.00. The number of thioether (sulfide) groups is 1. The number of carbonyl (C=O) groups excluding carboxylic acids is 1. The van der Waals surface area contributed by atoms with E-state index in [4.69, 9.17) is 0 Å². The van der Waals surface area contributed by atoms with E-state index in [1.165, 1.54) is 16.7 Å². The Morgan fingerprint density at radius 3 is 2.48 bits per heavy atom. The van der Waals surface area contributed by atoms with Crippen molar-refractivity contribution in [2.75, 3.05) is 12.3 Å². The summed E-state index contributed by atoms with van der Waals surface area (Å²) in [6, 6.07) is 16.9. The van der Waals surface area contributed by atoms with Crippen LogP contribution < -0.4 is 5.32 Å². The molecule has 0 bridgehead atoms. The van der Waals surface area contributed by atoms with Crippen molar-refractivity contribution in [1.29, 1.82) is 0 Å². The Morgan fingerprint density at radius 2 is 1.78 bits per heavy atom. The van der Waals surface area contributed by atoms with Gasteiger partial charge in [-0.1, -0.05) is 61.0 Å². The molecule has 2 rings (SSSR count). The highest BCUT2D eigenvalue weighted by Crippen LogP contribution is 2.13. The van der Waals surface area contributed by atoms with Gasteiger partial charge in [-0.05, 0) is 30.0 Å². The molecule has 1 N–H and O–H groups in total. The molecule has 0 radical (unpaired) electrons. The van der Waals surface area contributed by atoms with Crippen LogP contribution in [0.2, 0.25) is 0 Å². The molecule has 0 saturated heterocycles. The zero-order chi connectivity index (χ0) is 16.5. The number of aryl methyl sites for hydroxylation is 2. The Balaban J connectivity index is 1.62. The van der Waals surface area contributed by atoms with Crippen molar-refractivity contribution in [2.24, 2.45) is 0 Å². The second kappa shape index (κ2) is 9.41. The fourth-order valence-electron chi connectivity index (χ4n) is 2.40. The number of hydrogen-bond acceptors (Lipinski definition) is 2. The van der Waals surface area contributed by atoms with E-state index in [0.29, 0.717) is 6.42 Å². The summed E-state index contributed by atoms with van der Waals surface area (Å²) in [4.78, 5) is 11.9. The van der Waals surface area contributed by atoms with Gasteiger partial charge in [0.1, 0.15) is 0 Å². The van der Waals surface area contributed by atoms with Crippen LogP contribution in [0.5, 0.6) is 0 Å². The summed E-state index contributed by atoms with van der Waals surface area (Å²) in [7, 11) is 0. The molecule has 0 aliphatic rings. The fraction of sp³-hybridized carbons (Fsp3) is 0.350. The largest absolute Gasteiger partial charge is 0.355 e. The summed E-state index contributed by atoms with van der Waals surface area (Å²) in [6.45, 7) is 4.97. The van der Waals surface area contributed by atoms with Crippen LogP contribution in [0.3, 0.4) is 0 Å². The van der Waals surface area contributed by atoms with E-state index in [2.05, 4.69) is 55.6 Å². The minimum absolute atomic E-state index is 0.102. The lowest BCUT2D eigenvalue weighted by Crippen LogP contribution is -2.27. The number of rotatable bonds is 8. The third-order valence-electron chi connectivity index (χ3n) is 3.72. The molecule has 0 atom stereocenters. The van der Waals surface area contributed by atoms with Gasteiger partial charge in [-0.25, -0.2) is 0 Å². The summed E-state index contributed by atoms with van der Waals surface area (Å²) >= 11 is 1.85. The number of amides is 1. The molecule has 0 aliphatic heterocycles. The Bertz CT molecular complexity index is 622. The van der Waals surface area contributed by atoms with Crippen LogP contribution in [0, 0.1) is 6.92 Å². The first-order chi connectivity index (χ1) is 11.2. The zero-order valence-corrected chi connectivity index (χ0v) is 14.8. The van der Waals surface area contributed by atoms with Crippen LogP contribution in [0.4, 0.5) is 0 Å². The molecule has 0 fully saturated rings. The maximum Gasteiger partial charge on any atom is 0.224 e. The fourth-order valence-corrected chi connectivity index (χ4v) is 3.20. The van der Waals surface area contributed by atoms with E-state index in [0.717, 1.165) is 30.0 Å². The van der Waals surface area contributed by atoms with Gasteiger partial charge in [0, 0.05) is 18.1 Å². The number of carbonyl (C=O) groups is 1. The zero-order valence-electron chi connectivity index (χ0n) is 14.0. The van der Waals surface area contributed by atoms with Crippen LogP contribution in [0.1, 0.15) is 29.2 Å². The van der Waals surface area contributed by atoms with Crippen LogP contribution in [-0.2, 0) is 23.4 Å². The van der Waals surface area contributed by atoms with E-state index >= 15 is 0 Å². The third kappa shape index (κ3) is 6.49. The van der Waals surface area contributed by atoms with E-state index in [9.17, 15) is 4.79 Å². The Hall–Kier alpha value is -1.74. The standard InChI is InChI=1S/C20H25NOS/c1-3-17-7-9-18(10-8-17)14-20(22)21-11-12-23-15-19-6-4-5-16(2)13-19/h4-10,13H,3,11-12,14-15H2,1-2H3,(H,21,22). The molecule has 2 nitrogen and oxygen atoms in total. The maximum absolute atomic E-state index is 11.9. The van der Waals surface area contributed by atoms with Crippen molar-refractivity contribution < 1.29 is 4.79 Å². The summed E-state index contributed by atoms with van der Waals surface area (Å²) in [5.74, 6) is 2.04. The molecule has 0 aliphatic carbocycles. The molecule has 23 heavy (non-hydrogen) atoms. The van der Waals surface area contributed by atoms with Gasteiger partial charge in [0.2, 0.25) is 5.91 Å². The molecule has 0 saturated carbocycles. The van der Waals surface area contributed by atoms with Crippen molar-refractivity contribution in [1.82, 2.24) is 5.32 Å². The average molecular weight is 327 g/mol. The lowest BCUT2D eigenvalue weighted by molar-refractivity contribution is -0.120. The minimum atomic E-state index is 0.102. The number of benzene rings is 2. The SMILES string of the molecule is CCc1ccc(CC(=O)NCCSCc2cccc(C)c2)cc1. The van der Waals surface area contributed by atoms with Gasteiger partial charge in [0.25, 0.3) is 0 Å². The average Bonchev–Trinajstić information content (AvgIpc) is 2.55. The van der Waals surface area contributed by atoms with Crippen LogP contribution >= 0.6 is 11.8 Å². The highest BCUT2D eigenvalue weighted by atomic mass is 32.2. The predicted molar refractivity (Wildman–Crippen MR) is 99.9 cm³/mol. The Kier molecular flexibility index (Phi) is 7.21.